The SMILES string of the molecule is Cc1cc(=O)c(C(=O)NCC(c2ccccc2)c2ccccc2)nn1-c1ccccc1F. The minimum absolute atomic E-state index is 0.0967. The highest BCUT2D eigenvalue weighted by atomic mass is 19.1. The molecule has 0 spiro atoms. The van der Waals surface area contributed by atoms with E-state index < -0.39 is 17.2 Å². The summed E-state index contributed by atoms with van der Waals surface area (Å²) in [5, 5.41) is 7.02. The van der Waals surface area contributed by atoms with Crippen molar-refractivity contribution in [1.82, 2.24) is 15.1 Å². The number of halogens is 1. The molecular weight excluding hydrogens is 405 g/mol. The maximum absolute atomic E-state index is 14.3. The van der Waals surface area contributed by atoms with Crippen LogP contribution in [-0.4, -0.2) is 22.2 Å². The summed E-state index contributed by atoms with van der Waals surface area (Å²) in [4.78, 5) is 25.4. The van der Waals surface area contributed by atoms with E-state index in [2.05, 4.69) is 10.4 Å². The standard InChI is InChI=1S/C26H22FN3O2/c1-18-16-24(31)25(29-30(18)23-15-9-8-14-22(23)27)26(32)28-17-21(19-10-4-2-5-11-19)20-12-6-3-7-13-20/h2-16,21H,17H2,1H3,(H,28,32). The van der Waals surface area contributed by atoms with Crippen LogP contribution in [0.25, 0.3) is 5.69 Å². The Morgan fingerprint density at radius 1 is 0.938 bits per heavy atom. The number of hydrogen-bond acceptors (Lipinski definition) is 3. The first-order valence-corrected chi connectivity index (χ1v) is 10.3. The van der Waals surface area contributed by atoms with Gasteiger partial charge in [0.25, 0.3) is 5.91 Å². The van der Waals surface area contributed by atoms with Crippen molar-refractivity contribution >= 4 is 5.91 Å². The van der Waals surface area contributed by atoms with Gasteiger partial charge in [0.1, 0.15) is 11.5 Å². The highest BCUT2D eigenvalue weighted by Crippen LogP contribution is 2.23. The predicted molar refractivity (Wildman–Crippen MR) is 122 cm³/mol. The van der Waals surface area contributed by atoms with Gasteiger partial charge in [-0.25, -0.2) is 9.07 Å². The quantitative estimate of drug-likeness (QED) is 0.501. The van der Waals surface area contributed by atoms with Crippen molar-refractivity contribution in [3.05, 3.63) is 130 Å². The molecule has 4 aromatic rings. The van der Waals surface area contributed by atoms with E-state index in [4.69, 9.17) is 0 Å². The minimum atomic E-state index is -0.600. The summed E-state index contributed by atoms with van der Waals surface area (Å²) in [6, 6.07) is 27.0. The molecule has 0 atom stereocenters. The lowest BCUT2D eigenvalue weighted by Crippen LogP contribution is -2.34. The van der Waals surface area contributed by atoms with Gasteiger partial charge in [0.15, 0.2) is 5.69 Å². The fraction of sp³-hybridized carbons (Fsp3) is 0.115. The van der Waals surface area contributed by atoms with Gasteiger partial charge < -0.3 is 5.32 Å². The molecule has 160 valence electrons. The first-order valence-electron chi connectivity index (χ1n) is 10.3. The molecule has 0 fully saturated rings. The third-order valence-electron chi connectivity index (χ3n) is 5.27. The highest BCUT2D eigenvalue weighted by molar-refractivity contribution is 5.92. The number of benzene rings is 3. The van der Waals surface area contributed by atoms with Gasteiger partial charge in [-0.3, -0.25) is 9.59 Å². The van der Waals surface area contributed by atoms with Crippen molar-refractivity contribution in [3.8, 4) is 5.69 Å². The Labute approximate surface area is 185 Å². The second-order valence-corrected chi connectivity index (χ2v) is 7.45. The molecule has 0 aliphatic carbocycles. The molecule has 0 bridgehead atoms. The molecule has 0 aliphatic heterocycles. The van der Waals surface area contributed by atoms with Gasteiger partial charge >= 0.3 is 0 Å². The third-order valence-corrected chi connectivity index (χ3v) is 5.27. The Morgan fingerprint density at radius 2 is 1.50 bits per heavy atom. The van der Waals surface area contributed by atoms with Gasteiger partial charge in [-0.15, -0.1) is 0 Å². The zero-order valence-corrected chi connectivity index (χ0v) is 17.5. The van der Waals surface area contributed by atoms with Crippen LogP contribution >= 0.6 is 0 Å². The van der Waals surface area contributed by atoms with Crippen molar-refractivity contribution in [1.29, 1.82) is 0 Å². The Kier molecular flexibility index (Phi) is 6.22. The fourth-order valence-electron chi connectivity index (χ4n) is 3.65. The first-order chi connectivity index (χ1) is 15.5. The van der Waals surface area contributed by atoms with Crippen molar-refractivity contribution in [2.24, 2.45) is 0 Å². The summed E-state index contributed by atoms with van der Waals surface area (Å²) in [7, 11) is 0. The number of carbonyl (C=O) groups is 1. The number of rotatable bonds is 6. The van der Waals surface area contributed by atoms with Gasteiger partial charge in [-0.05, 0) is 30.2 Å². The van der Waals surface area contributed by atoms with Gasteiger partial charge in [0.2, 0.25) is 5.43 Å². The number of hydrogen-bond donors (Lipinski definition) is 1. The van der Waals surface area contributed by atoms with Crippen LogP contribution in [0.2, 0.25) is 0 Å². The number of carbonyl (C=O) groups excluding carboxylic acids is 1. The average Bonchev–Trinajstić information content (AvgIpc) is 2.81. The maximum atomic E-state index is 14.3. The smallest absolute Gasteiger partial charge is 0.275 e. The number of nitrogens with zero attached hydrogens (tertiary/aromatic N) is 2. The van der Waals surface area contributed by atoms with Crippen LogP contribution in [0.1, 0.15) is 33.2 Å². The van der Waals surface area contributed by atoms with E-state index in [9.17, 15) is 14.0 Å². The second-order valence-electron chi connectivity index (χ2n) is 7.45. The Balaban J connectivity index is 1.63. The highest BCUT2D eigenvalue weighted by Gasteiger charge is 2.20. The summed E-state index contributed by atoms with van der Waals surface area (Å²) in [5.41, 5.74) is 1.90. The molecule has 1 aromatic heterocycles. The third kappa shape index (κ3) is 4.49. The first kappa shape index (κ1) is 21.2. The molecule has 0 unspecified atom stereocenters. The van der Waals surface area contributed by atoms with Gasteiger partial charge in [0, 0.05) is 24.2 Å². The van der Waals surface area contributed by atoms with Crippen LogP contribution in [0.5, 0.6) is 0 Å². The lowest BCUT2D eigenvalue weighted by atomic mass is 9.91. The lowest BCUT2D eigenvalue weighted by molar-refractivity contribution is 0.0944. The van der Waals surface area contributed by atoms with Crippen LogP contribution in [0, 0.1) is 12.7 Å². The topological polar surface area (TPSA) is 64.0 Å². The van der Waals surface area contributed by atoms with E-state index in [1.54, 1.807) is 25.1 Å². The van der Waals surface area contributed by atoms with Crippen LogP contribution in [0.3, 0.4) is 0 Å². The normalized spacial score (nSPS) is 10.8. The average molecular weight is 427 g/mol. The molecule has 4 rings (SSSR count). The number of para-hydroxylation sites is 1. The van der Waals surface area contributed by atoms with Crippen molar-refractivity contribution in [3.63, 3.8) is 0 Å². The summed E-state index contributed by atoms with van der Waals surface area (Å²) in [6.07, 6.45) is 0. The number of amides is 1. The number of aromatic nitrogens is 2. The maximum Gasteiger partial charge on any atom is 0.275 e. The van der Waals surface area contributed by atoms with Crippen LogP contribution in [0.4, 0.5) is 4.39 Å². The molecule has 3 aromatic carbocycles. The van der Waals surface area contributed by atoms with Crippen molar-refractivity contribution < 1.29 is 9.18 Å². The Bertz CT molecular complexity index is 1250. The predicted octanol–water partition coefficient (Wildman–Crippen LogP) is 4.24. The summed E-state index contributed by atoms with van der Waals surface area (Å²) >= 11 is 0. The Hall–Kier alpha value is -4.06. The fourth-order valence-corrected chi connectivity index (χ4v) is 3.65. The van der Waals surface area contributed by atoms with E-state index >= 15 is 0 Å². The monoisotopic (exact) mass is 427 g/mol. The minimum Gasteiger partial charge on any atom is -0.350 e. The van der Waals surface area contributed by atoms with Gasteiger partial charge in [0.05, 0.1) is 0 Å². The zero-order chi connectivity index (χ0) is 22.5. The van der Waals surface area contributed by atoms with Gasteiger partial charge in [-0.2, -0.15) is 5.10 Å². The van der Waals surface area contributed by atoms with E-state index in [1.165, 1.54) is 16.8 Å². The summed E-state index contributed by atoms with van der Waals surface area (Å²) < 4.78 is 15.6. The second kappa shape index (κ2) is 9.39. The molecule has 0 saturated carbocycles. The number of nitrogens with one attached hydrogen (secondary N) is 1. The molecule has 32 heavy (non-hydrogen) atoms. The molecule has 5 nitrogen and oxygen atoms in total. The van der Waals surface area contributed by atoms with E-state index in [1.807, 2.05) is 60.7 Å². The molecule has 1 N–H and O–H groups in total. The molecule has 0 saturated heterocycles. The molecule has 0 radical (unpaired) electrons. The molecule has 1 heterocycles. The summed E-state index contributed by atoms with van der Waals surface area (Å²) in [6.45, 7) is 1.92. The van der Waals surface area contributed by atoms with E-state index in [0.717, 1.165) is 11.1 Å². The largest absolute Gasteiger partial charge is 0.350 e. The molecule has 6 heteroatoms. The molecule has 0 aliphatic rings. The van der Waals surface area contributed by atoms with E-state index in [-0.39, 0.29) is 23.8 Å². The lowest BCUT2D eigenvalue weighted by Gasteiger charge is -2.19. The zero-order valence-electron chi connectivity index (χ0n) is 17.5. The molecule has 1 amide bonds. The van der Waals surface area contributed by atoms with Crippen molar-refractivity contribution in [2.45, 2.75) is 12.8 Å². The van der Waals surface area contributed by atoms with Crippen LogP contribution in [-0.2, 0) is 0 Å². The number of aryl methyl sites for hydroxylation is 1. The van der Waals surface area contributed by atoms with Gasteiger partial charge in [-0.1, -0.05) is 72.8 Å². The van der Waals surface area contributed by atoms with E-state index in [0.29, 0.717) is 5.69 Å². The summed E-state index contributed by atoms with van der Waals surface area (Å²) in [5.74, 6) is -1.19. The van der Waals surface area contributed by atoms with Crippen LogP contribution in [0.15, 0.2) is 95.8 Å². The van der Waals surface area contributed by atoms with Crippen LogP contribution < -0.4 is 10.7 Å². The van der Waals surface area contributed by atoms with Crippen molar-refractivity contribution in [2.75, 3.05) is 6.54 Å². The molecular formula is C26H22FN3O2. The Morgan fingerprint density at radius 3 is 2.09 bits per heavy atom.